The van der Waals surface area contributed by atoms with Gasteiger partial charge in [-0.25, -0.2) is 0 Å². The molecule has 1 unspecified atom stereocenters. The average molecular weight is 298 g/mol. The van der Waals surface area contributed by atoms with Crippen LogP contribution in [0.25, 0.3) is 0 Å². The Balaban J connectivity index is 1.67. The Hall–Kier alpha value is -0.970. The topological polar surface area (TPSA) is 30.9 Å². The van der Waals surface area contributed by atoms with Gasteiger partial charge in [0.15, 0.2) is 11.5 Å². The Morgan fingerprint density at radius 2 is 1.80 bits per heavy atom. The molecule has 5 heteroatoms. The Labute approximate surface area is 124 Å². The summed E-state index contributed by atoms with van der Waals surface area (Å²) in [6.45, 7) is 5.75. The number of morpholine rings is 1. The predicted molar refractivity (Wildman–Crippen MR) is 77.9 cm³/mol. The van der Waals surface area contributed by atoms with Crippen LogP contribution in [-0.4, -0.2) is 51.0 Å². The van der Waals surface area contributed by atoms with Gasteiger partial charge in [0.2, 0.25) is 0 Å². The highest BCUT2D eigenvalue weighted by molar-refractivity contribution is 6.21. The molecule has 2 heterocycles. The minimum Gasteiger partial charge on any atom is -0.490 e. The van der Waals surface area contributed by atoms with Crippen molar-refractivity contribution in [1.82, 2.24) is 4.90 Å². The first-order valence-electron chi connectivity index (χ1n) is 7.16. The van der Waals surface area contributed by atoms with Crippen molar-refractivity contribution in [3.05, 3.63) is 23.8 Å². The number of ether oxygens (including phenoxy) is 3. The quantitative estimate of drug-likeness (QED) is 0.802. The van der Waals surface area contributed by atoms with Gasteiger partial charge in [-0.1, -0.05) is 6.07 Å². The largest absolute Gasteiger partial charge is 0.490 e. The summed E-state index contributed by atoms with van der Waals surface area (Å²) >= 11 is 6.54. The van der Waals surface area contributed by atoms with Crippen LogP contribution >= 0.6 is 11.6 Å². The molecule has 0 aliphatic carbocycles. The van der Waals surface area contributed by atoms with Gasteiger partial charge >= 0.3 is 0 Å². The molecule has 20 heavy (non-hydrogen) atoms. The first-order valence-corrected chi connectivity index (χ1v) is 7.60. The van der Waals surface area contributed by atoms with Gasteiger partial charge < -0.3 is 14.2 Å². The summed E-state index contributed by atoms with van der Waals surface area (Å²) in [5.41, 5.74) is 1.09. The van der Waals surface area contributed by atoms with Gasteiger partial charge in [-0.15, -0.1) is 11.6 Å². The molecule has 3 rings (SSSR count). The third kappa shape index (κ3) is 3.37. The second-order valence-electron chi connectivity index (χ2n) is 5.14. The van der Waals surface area contributed by atoms with Gasteiger partial charge in [-0.05, 0) is 17.7 Å². The molecule has 4 nitrogen and oxygen atoms in total. The van der Waals surface area contributed by atoms with Crippen LogP contribution in [0.1, 0.15) is 17.4 Å². The zero-order chi connectivity index (χ0) is 13.8. The molecule has 1 saturated heterocycles. The summed E-state index contributed by atoms with van der Waals surface area (Å²) in [7, 11) is 0. The third-order valence-electron chi connectivity index (χ3n) is 3.66. The Kier molecular flexibility index (Phi) is 4.65. The number of alkyl halides is 1. The van der Waals surface area contributed by atoms with E-state index < -0.39 is 0 Å². The lowest BCUT2D eigenvalue weighted by atomic mass is 10.1. The van der Waals surface area contributed by atoms with Crippen molar-refractivity contribution in [2.24, 2.45) is 0 Å². The van der Waals surface area contributed by atoms with Gasteiger partial charge in [0.25, 0.3) is 0 Å². The zero-order valence-electron chi connectivity index (χ0n) is 11.5. The summed E-state index contributed by atoms with van der Waals surface area (Å²) in [5.74, 6) is 1.63. The van der Waals surface area contributed by atoms with Crippen molar-refractivity contribution in [2.45, 2.75) is 11.8 Å². The van der Waals surface area contributed by atoms with E-state index in [0.29, 0.717) is 13.2 Å². The molecule has 0 amide bonds. The van der Waals surface area contributed by atoms with Gasteiger partial charge in [-0.2, -0.15) is 0 Å². The number of benzene rings is 1. The first kappa shape index (κ1) is 14.0. The summed E-state index contributed by atoms with van der Waals surface area (Å²) in [6.07, 6.45) is 0.919. The third-order valence-corrected chi connectivity index (χ3v) is 4.05. The fourth-order valence-electron chi connectivity index (χ4n) is 2.49. The van der Waals surface area contributed by atoms with Crippen molar-refractivity contribution in [1.29, 1.82) is 0 Å². The molecule has 1 aromatic rings. The second-order valence-corrected chi connectivity index (χ2v) is 5.66. The fraction of sp³-hybridized carbons (Fsp3) is 0.600. The van der Waals surface area contributed by atoms with Gasteiger partial charge in [0, 0.05) is 26.1 Å². The lowest BCUT2D eigenvalue weighted by molar-refractivity contribution is 0.0378. The summed E-state index contributed by atoms with van der Waals surface area (Å²) in [6, 6.07) is 6.01. The summed E-state index contributed by atoms with van der Waals surface area (Å²) < 4.78 is 16.7. The van der Waals surface area contributed by atoms with E-state index in [1.165, 1.54) is 0 Å². The Morgan fingerprint density at radius 1 is 1.05 bits per heavy atom. The van der Waals surface area contributed by atoms with E-state index in [1.807, 2.05) is 18.2 Å². The Morgan fingerprint density at radius 3 is 2.60 bits per heavy atom. The molecule has 0 bridgehead atoms. The molecule has 0 N–H and O–H groups in total. The predicted octanol–water partition coefficient (Wildman–Crippen LogP) is 2.46. The van der Waals surface area contributed by atoms with Gasteiger partial charge in [0.1, 0.15) is 0 Å². The number of nitrogens with zero attached hydrogens (tertiary/aromatic N) is 1. The zero-order valence-corrected chi connectivity index (χ0v) is 12.3. The highest BCUT2D eigenvalue weighted by Gasteiger charge is 2.18. The van der Waals surface area contributed by atoms with Crippen molar-refractivity contribution in [3.8, 4) is 11.5 Å². The number of hydrogen-bond acceptors (Lipinski definition) is 4. The lowest BCUT2D eigenvalue weighted by Gasteiger charge is -2.28. The molecular weight excluding hydrogens is 278 g/mol. The molecular formula is C15H20ClNO3. The van der Waals surface area contributed by atoms with Crippen molar-refractivity contribution in [2.75, 3.05) is 46.1 Å². The maximum Gasteiger partial charge on any atom is 0.161 e. The smallest absolute Gasteiger partial charge is 0.161 e. The molecule has 2 aliphatic heterocycles. The minimum absolute atomic E-state index is 0.0368. The molecule has 0 aromatic heterocycles. The van der Waals surface area contributed by atoms with E-state index >= 15 is 0 Å². The van der Waals surface area contributed by atoms with Crippen LogP contribution in [0.3, 0.4) is 0 Å². The minimum atomic E-state index is -0.0368. The fourth-order valence-corrected chi connectivity index (χ4v) is 2.82. The first-order chi connectivity index (χ1) is 9.83. The van der Waals surface area contributed by atoms with E-state index in [-0.39, 0.29) is 5.38 Å². The Bertz CT molecular complexity index is 449. The van der Waals surface area contributed by atoms with Crippen molar-refractivity contribution >= 4 is 11.6 Å². The molecule has 0 spiro atoms. The van der Waals surface area contributed by atoms with E-state index in [4.69, 9.17) is 25.8 Å². The van der Waals surface area contributed by atoms with Crippen LogP contribution in [0.2, 0.25) is 0 Å². The molecule has 1 aromatic carbocycles. The molecule has 0 saturated carbocycles. The molecule has 0 radical (unpaired) electrons. The summed E-state index contributed by atoms with van der Waals surface area (Å²) in [5, 5.41) is -0.0368. The van der Waals surface area contributed by atoms with Crippen molar-refractivity contribution < 1.29 is 14.2 Å². The van der Waals surface area contributed by atoms with E-state index in [9.17, 15) is 0 Å². The van der Waals surface area contributed by atoms with Crippen LogP contribution in [-0.2, 0) is 4.74 Å². The van der Waals surface area contributed by atoms with Crippen LogP contribution in [0.4, 0.5) is 0 Å². The standard InChI is InChI=1S/C15H20ClNO3/c16-13(11-17-4-8-18-9-5-17)12-2-3-14-15(10-12)20-7-1-6-19-14/h2-3,10,13H,1,4-9,11H2. The van der Waals surface area contributed by atoms with E-state index in [2.05, 4.69) is 4.90 Å². The van der Waals surface area contributed by atoms with Gasteiger partial charge in [0.05, 0.1) is 31.8 Å². The second kappa shape index (κ2) is 6.66. The van der Waals surface area contributed by atoms with Gasteiger partial charge in [-0.3, -0.25) is 4.90 Å². The summed E-state index contributed by atoms with van der Waals surface area (Å²) in [4.78, 5) is 2.34. The lowest BCUT2D eigenvalue weighted by Crippen LogP contribution is -2.38. The molecule has 2 aliphatic rings. The maximum absolute atomic E-state index is 6.54. The number of halogens is 1. The highest BCUT2D eigenvalue weighted by atomic mass is 35.5. The molecule has 1 atom stereocenters. The SMILES string of the molecule is ClC(CN1CCOCC1)c1ccc2c(c1)OCCCO2. The molecule has 110 valence electrons. The molecule has 1 fully saturated rings. The number of hydrogen-bond donors (Lipinski definition) is 0. The van der Waals surface area contributed by atoms with E-state index in [0.717, 1.165) is 56.3 Å². The maximum atomic E-state index is 6.54. The highest BCUT2D eigenvalue weighted by Crippen LogP contribution is 2.34. The van der Waals surface area contributed by atoms with Crippen LogP contribution in [0.15, 0.2) is 18.2 Å². The number of fused-ring (bicyclic) bond motifs is 1. The van der Waals surface area contributed by atoms with Crippen LogP contribution in [0.5, 0.6) is 11.5 Å². The normalized spacial score (nSPS) is 21.2. The van der Waals surface area contributed by atoms with Crippen molar-refractivity contribution in [3.63, 3.8) is 0 Å². The number of rotatable bonds is 3. The van der Waals surface area contributed by atoms with Crippen LogP contribution < -0.4 is 9.47 Å². The monoisotopic (exact) mass is 297 g/mol. The average Bonchev–Trinajstić information content (AvgIpc) is 2.72. The van der Waals surface area contributed by atoms with Crippen LogP contribution in [0, 0.1) is 0 Å². The van der Waals surface area contributed by atoms with E-state index in [1.54, 1.807) is 0 Å².